The second-order valence-corrected chi connectivity index (χ2v) is 5.05. The molecule has 0 aliphatic carbocycles. The molecule has 0 unspecified atom stereocenters. The fourth-order valence-electron chi connectivity index (χ4n) is 2.20. The Balaban J connectivity index is 2.06. The Labute approximate surface area is 137 Å². The molecule has 0 saturated carbocycles. The predicted molar refractivity (Wildman–Crippen MR) is 88.2 cm³/mol. The van der Waals surface area contributed by atoms with Gasteiger partial charge in [-0.3, -0.25) is 4.79 Å². The topological polar surface area (TPSA) is 78.6 Å². The van der Waals surface area contributed by atoms with Gasteiger partial charge in [0.05, 0.1) is 18.0 Å². The van der Waals surface area contributed by atoms with Crippen LogP contribution in [0.15, 0.2) is 51.7 Å². The summed E-state index contributed by atoms with van der Waals surface area (Å²) >= 11 is 0. The molecular formula is C18H15NO5. The number of aromatic nitrogens is 1. The number of fused-ring (bicyclic) bond motifs is 1. The van der Waals surface area contributed by atoms with Crippen LogP contribution in [0.1, 0.15) is 13.3 Å². The number of rotatable bonds is 4. The first kappa shape index (κ1) is 15.7. The van der Waals surface area contributed by atoms with Gasteiger partial charge in [0.2, 0.25) is 5.89 Å². The van der Waals surface area contributed by atoms with E-state index < -0.39 is 5.63 Å². The first-order chi connectivity index (χ1) is 11.6. The molecular weight excluding hydrogens is 310 g/mol. The van der Waals surface area contributed by atoms with Gasteiger partial charge in [0.15, 0.2) is 0 Å². The third-order valence-electron chi connectivity index (χ3n) is 3.44. The lowest BCUT2D eigenvalue weighted by molar-refractivity contribution is -0.134. The van der Waals surface area contributed by atoms with Crippen molar-refractivity contribution in [1.82, 2.24) is 4.98 Å². The van der Waals surface area contributed by atoms with E-state index in [1.807, 2.05) is 0 Å². The van der Waals surface area contributed by atoms with Crippen LogP contribution in [0.4, 0.5) is 0 Å². The van der Waals surface area contributed by atoms with Gasteiger partial charge in [-0.25, -0.2) is 9.78 Å². The van der Waals surface area contributed by atoms with Crippen LogP contribution in [0.25, 0.3) is 22.4 Å². The first-order valence-corrected chi connectivity index (χ1v) is 7.40. The lowest BCUT2D eigenvalue weighted by Crippen LogP contribution is -2.07. The molecule has 0 spiro atoms. The number of benzene rings is 2. The number of carbonyl (C=O) groups is 1. The summed E-state index contributed by atoms with van der Waals surface area (Å²) in [6.45, 7) is 1.69. The van der Waals surface area contributed by atoms with Gasteiger partial charge in [0.25, 0.3) is 0 Å². The molecule has 1 aromatic heterocycles. The van der Waals surface area contributed by atoms with Crippen molar-refractivity contribution in [2.24, 2.45) is 0 Å². The highest BCUT2D eigenvalue weighted by molar-refractivity contribution is 5.81. The maximum atomic E-state index is 12.3. The normalized spacial score (nSPS) is 10.6. The second-order valence-electron chi connectivity index (χ2n) is 5.05. The van der Waals surface area contributed by atoms with E-state index in [0.717, 1.165) is 0 Å². The minimum absolute atomic E-state index is 0.199. The van der Waals surface area contributed by atoms with Crippen molar-refractivity contribution >= 4 is 16.9 Å². The summed E-state index contributed by atoms with van der Waals surface area (Å²) in [4.78, 5) is 28.0. The zero-order chi connectivity index (χ0) is 17.1. The van der Waals surface area contributed by atoms with Crippen LogP contribution in [0.2, 0.25) is 0 Å². The van der Waals surface area contributed by atoms with Crippen molar-refractivity contribution in [3.63, 3.8) is 0 Å². The number of ether oxygens (including phenoxy) is 2. The van der Waals surface area contributed by atoms with Gasteiger partial charge in [-0.1, -0.05) is 13.0 Å². The standard InChI is InChI=1S/C18H15NO5/c1-3-16(20)23-13-7-8-15-14(10-13)18(21)24-17(19-15)11-5-4-6-12(9-11)22-2/h4-10H,3H2,1-2H3. The van der Waals surface area contributed by atoms with Crippen LogP contribution in [-0.4, -0.2) is 18.1 Å². The zero-order valence-corrected chi connectivity index (χ0v) is 13.2. The average molecular weight is 325 g/mol. The monoisotopic (exact) mass is 325 g/mol. The van der Waals surface area contributed by atoms with Gasteiger partial charge in [0, 0.05) is 12.0 Å². The minimum atomic E-state index is -0.549. The van der Waals surface area contributed by atoms with E-state index >= 15 is 0 Å². The van der Waals surface area contributed by atoms with E-state index in [9.17, 15) is 9.59 Å². The van der Waals surface area contributed by atoms with Crippen molar-refractivity contribution in [3.05, 3.63) is 52.9 Å². The molecule has 1 heterocycles. The SMILES string of the molecule is CCC(=O)Oc1ccc2nc(-c3cccc(OC)c3)oc(=O)c2c1. The summed E-state index contributed by atoms with van der Waals surface area (Å²) < 4.78 is 15.6. The summed E-state index contributed by atoms with van der Waals surface area (Å²) in [5.41, 5.74) is 0.544. The summed E-state index contributed by atoms with van der Waals surface area (Å²) in [5.74, 6) is 0.751. The smallest absolute Gasteiger partial charge is 0.347 e. The summed E-state index contributed by atoms with van der Waals surface area (Å²) in [6.07, 6.45) is 0.250. The molecule has 0 saturated heterocycles. The van der Waals surface area contributed by atoms with E-state index in [1.54, 1.807) is 50.4 Å². The van der Waals surface area contributed by atoms with Gasteiger partial charge < -0.3 is 13.9 Å². The fraction of sp³-hybridized carbons (Fsp3) is 0.167. The number of hydrogen-bond acceptors (Lipinski definition) is 6. The second kappa shape index (κ2) is 6.54. The molecule has 3 rings (SSSR count). The van der Waals surface area contributed by atoms with Crippen molar-refractivity contribution < 1.29 is 18.7 Å². The molecule has 0 bridgehead atoms. The van der Waals surface area contributed by atoms with Crippen LogP contribution in [-0.2, 0) is 4.79 Å². The van der Waals surface area contributed by atoms with Gasteiger partial charge in [-0.2, -0.15) is 0 Å². The molecule has 0 amide bonds. The molecule has 2 aromatic carbocycles. The Morgan fingerprint density at radius 2 is 2.00 bits per heavy atom. The largest absolute Gasteiger partial charge is 0.497 e. The quantitative estimate of drug-likeness (QED) is 0.541. The van der Waals surface area contributed by atoms with Gasteiger partial charge in [-0.05, 0) is 36.4 Å². The molecule has 24 heavy (non-hydrogen) atoms. The van der Waals surface area contributed by atoms with Gasteiger partial charge in [-0.15, -0.1) is 0 Å². The van der Waals surface area contributed by atoms with Crippen molar-refractivity contribution in [3.8, 4) is 23.0 Å². The third kappa shape index (κ3) is 3.12. The van der Waals surface area contributed by atoms with Crippen molar-refractivity contribution in [2.75, 3.05) is 7.11 Å². The Bertz CT molecular complexity index is 961. The molecule has 0 radical (unpaired) electrons. The fourth-order valence-corrected chi connectivity index (χ4v) is 2.20. The highest BCUT2D eigenvalue weighted by Crippen LogP contribution is 2.24. The maximum Gasteiger partial charge on any atom is 0.347 e. The highest BCUT2D eigenvalue weighted by Gasteiger charge is 2.11. The van der Waals surface area contributed by atoms with Crippen molar-refractivity contribution in [2.45, 2.75) is 13.3 Å². The van der Waals surface area contributed by atoms with Gasteiger partial charge in [0.1, 0.15) is 11.5 Å². The van der Waals surface area contributed by atoms with Crippen LogP contribution in [0.3, 0.4) is 0 Å². The van der Waals surface area contributed by atoms with Gasteiger partial charge >= 0.3 is 11.6 Å². The van der Waals surface area contributed by atoms with E-state index in [1.165, 1.54) is 6.07 Å². The first-order valence-electron chi connectivity index (χ1n) is 7.40. The lowest BCUT2D eigenvalue weighted by atomic mass is 10.2. The Morgan fingerprint density at radius 1 is 1.17 bits per heavy atom. The number of nitrogens with zero attached hydrogens (tertiary/aromatic N) is 1. The Hall–Kier alpha value is -3.15. The predicted octanol–water partition coefficient (Wildman–Crippen LogP) is 3.18. The van der Waals surface area contributed by atoms with Crippen LogP contribution in [0.5, 0.6) is 11.5 Å². The molecule has 6 nitrogen and oxygen atoms in total. The summed E-state index contributed by atoms with van der Waals surface area (Å²) in [7, 11) is 1.56. The molecule has 6 heteroatoms. The number of esters is 1. The molecule has 3 aromatic rings. The molecule has 0 fully saturated rings. The maximum absolute atomic E-state index is 12.3. The molecule has 122 valence electrons. The van der Waals surface area contributed by atoms with E-state index in [2.05, 4.69) is 4.98 Å². The minimum Gasteiger partial charge on any atom is -0.497 e. The summed E-state index contributed by atoms with van der Waals surface area (Å²) in [5, 5.41) is 0.253. The van der Waals surface area contributed by atoms with E-state index in [4.69, 9.17) is 13.9 Å². The lowest BCUT2D eigenvalue weighted by Gasteiger charge is -2.06. The molecule has 0 aliphatic rings. The van der Waals surface area contributed by atoms with Crippen LogP contribution < -0.4 is 15.1 Å². The van der Waals surface area contributed by atoms with E-state index in [0.29, 0.717) is 16.8 Å². The van der Waals surface area contributed by atoms with Crippen LogP contribution in [0, 0.1) is 0 Å². The Morgan fingerprint density at radius 3 is 2.75 bits per heavy atom. The summed E-state index contributed by atoms with van der Waals surface area (Å²) in [6, 6.07) is 11.7. The van der Waals surface area contributed by atoms with Crippen molar-refractivity contribution in [1.29, 1.82) is 0 Å². The van der Waals surface area contributed by atoms with E-state index in [-0.39, 0.29) is 29.4 Å². The Kier molecular flexibility index (Phi) is 4.29. The molecule has 0 N–H and O–H groups in total. The number of carbonyl (C=O) groups excluding carboxylic acids is 1. The molecule has 0 atom stereocenters. The van der Waals surface area contributed by atoms with Crippen LogP contribution >= 0.6 is 0 Å². The highest BCUT2D eigenvalue weighted by atomic mass is 16.5. The number of methoxy groups -OCH3 is 1. The molecule has 0 aliphatic heterocycles. The average Bonchev–Trinajstić information content (AvgIpc) is 2.62. The third-order valence-corrected chi connectivity index (χ3v) is 3.44. The number of hydrogen-bond donors (Lipinski definition) is 0. The zero-order valence-electron chi connectivity index (χ0n) is 13.2.